The lowest BCUT2D eigenvalue weighted by Crippen LogP contribution is -2.33. The Labute approximate surface area is 206 Å². The lowest BCUT2D eigenvalue weighted by molar-refractivity contribution is -0.128. The summed E-state index contributed by atoms with van der Waals surface area (Å²) < 4.78 is 5.14. The monoisotopic (exact) mass is 492 g/mol. The number of aliphatic imine (C=N–C) groups is 1. The number of hydrogen-bond donors (Lipinski definition) is 1. The first-order valence-corrected chi connectivity index (χ1v) is 11.7. The molecule has 172 valence electrons. The van der Waals surface area contributed by atoms with Gasteiger partial charge in [0.15, 0.2) is 5.17 Å². The molecule has 1 aliphatic rings. The molecule has 0 radical (unpaired) electrons. The maximum atomic E-state index is 13.3. The molecule has 1 fully saturated rings. The van der Waals surface area contributed by atoms with Gasteiger partial charge in [0, 0.05) is 28.8 Å². The van der Waals surface area contributed by atoms with Gasteiger partial charge in [-0.25, -0.2) is 4.99 Å². The van der Waals surface area contributed by atoms with Gasteiger partial charge in [-0.05, 0) is 49.7 Å². The molecule has 2 amide bonds. The number of nitrogens with one attached hydrogen (secondary N) is 1. The first-order valence-electron chi connectivity index (χ1n) is 10.4. The summed E-state index contributed by atoms with van der Waals surface area (Å²) in [7, 11) is 0. The summed E-state index contributed by atoms with van der Waals surface area (Å²) in [6, 6.07) is 14.2. The minimum absolute atomic E-state index is 0.0206. The molecule has 1 saturated heterocycles. The Morgan fingerprint density at radius 2 is 2.09 bits per heavy atom. The summed E-state index contributed by atoms with van der Waals surface area (Å²) >= 11 is 7.39. The second-order valence-electron chi connectivity index (χ2n) is 7.71. The van der Waals surface area contributed by atoms with Gasteiger partial charge in [0.25, 0.3) is 0 Å². The van der Waals surface area contributed by atoms with Crippen LogP contribution in [0.15, 0.2) is 58.0 Å². The number of hydrogen-bond acceptors (Lipinski definition) is 6. The highest BCUT2D eigenvalue weighted by molar-refractivity contribution is 8.15. The molecule has 7 nitrogen and oxygen atoms in total. The van der Waals surface area contributed by atoms with Crippen LogP contribution in [0.3, 0.4) is 0 Å². The number of amides is 2. The van der Waals surface area contributed by atoms with Crippen molar-refractivity contribution in [3.8, 4) is 12.3 Å². The van der Waals surface area contributed by atoms with Crippen molar-refractivity contribution in [1.82, 2.24) is 10.1 Å². The predicted molar refractivity (Wildman–Crippen MR) is 134 cm³/mol. The summed E-state index contributed by atoms with van der Waals surface area (Å²) in [5.74, 6) is 2.71. The molecule has 0 saturated carbocycles. The van der Waals surface area contributed by atoms with Gasteiger partial charge in [0.1, 0.15) is 16.7 Å². The van der Waals surface area contributed by atoms with E-state index in [1.165, 1.54) is 16.7 Å². The molecular weight excluding hydrogens is 472 g/mol. The van der Waals surface area contributed by atoms with Gasteiger partial charge in [-0.2, -0.15) is 0 Å². The second kappa shape index (κ2) is 10.2. The molecule has 0 unspecified atom stereocenters. The number of nitrogens with zero attached hydrogens (tertiary/aromatic N) is 3. The maximum absolute atomic E-state index is 13.3. The van der Waals surface area contributed by atoms with Crippen molar-refractivity contribution in [2.45, 2.75) is 32.1 Å². The highest BCUT2D eigenvalue weighted by Crippen LogP contribution is 2.33. The number of carbonyl (C=O) groups excluding carboxylic acids is 2. The molecule has 0 aliphatic carbocycles. The maximum Gasteiger partial charge on any atom is 0.243 e. The lowest BCUT2D eigenvalue weighted by Gasteiger charge is -2.15. The average molecular weight is 493 g/mol. The molecule has 0 bridgehead atoms. The van der Waals surface area contributed by atoms with E-state index < -0.39 is 5.25 Å². The Hall–Kier alpha value is -3.54. The third-order valence-electron chi connectivity index (χ3n) is 5.17. The van der Waals surface area contributed by atoms with Crippen LogP contribution >= 0.6 is 23.4 Å². The number of thioether (sulfide) groups is 1. The fourth-order valence-corrected chi connectivity index (χ4v) is 4.74. The Balaban J connectivity index is 1.57. The Bertz CT molecular complexity index is 1330. The number of carbonyl (C=O) groups is 2. The zero-order chi connectivity index (χ0) is 24.2. The van der Waals surface area contributed by atoms with Crippen LogP contribution in [0.1, 0.15) is 29.0 Å². The second-order valence-corrected chi connectivity index (χ2v) is 9.29. The van der Waals surface area contributed by atoms with Gasteiger partial charge < -0.3 is 9.84 Å². The molecule has 2 heterocycles. The SMILES string of the molecule is C#Cc1cccc(N=C2S[C@H](CC(=O)Nc3cccc(Cl)c3C)C(=O)N2Cc2cc(C)on2)c1. The van der Waals surface area contributed by atoms with E-state index in [1.54, 1.807) is 55.5 Å². The van der Waals surface area contributed by atoms with E-state index >= 15 is 0 Å². The minimum Gasteiger partial charge on any atom is -0.361 e. The minimum atomic E-state index is -0.637. The van der Waals surface area contributed by atoms with Crippen LogP contribution < -0.4 is 5.32 Å². The van der Waals surface area contributed by atoms with Crippen molar-refractivity contribution in [3.05, 3.63) is 76.1 Å². The van der Waals surface area contributed by atoms with E-state index in [0.29, 0.717) is 38.6 Å². The van der Waals surface area contributed by atoms with Crippen molar-refractivity contribution in [2.75, 3.05) is 5.32 Å². The number of amidine groups is 1. The fourth-order valence-electron chi connectivity index (χ4n) is 3.41. The van der Waals surface area contributed by atoms with Crippen molar-refractivity contribution in [2.24, 2.45) is 4.99 Å². The van der Waals surface area contributed by atoms with Crippen LogP contribution in [0, 0.1) is 26.2 Å². The first-order chi connectivity index (χ1) is 16.3. The number of rotatable bonds is 6. The predicted octanol–water partition coefficient (Wildman–Crippen LogP) is 5.09. The van der Waals surface area contributed by atoms with Crippen LogP contribution in [-0.4, -0.2) is 32.3 Å². The van der Waals surface area contributed by atoms with E-state index in [4.69, 9.17) is 22.5 Å². The molecule has 1 aliphatic heterocycles. The van der Waals surface area contributed by atoms with Crippen molar-refractivity contribution < 1.29 is 14.1 Å². The summed E-state index contributed by atoms with van der Waals surface area (Å²) in [5, 5.41) is 7.23. The van der Waals surface area contributed by atoms with Crippen LogP contribution in [0.4, 0.5) is 11.4 Å². The van der Waals surface area contributed by atoms with Crippen molar-refractivity contribution in [3.63, 3.8) is 0 Å². The molecule has 1 aromatic heterocycles. The third-order valence-corrected chi connectivity index (χ3v) is 6.75. The number of terminal acetylenes is 1. The fraction of sp³-hybridized carbons (Fsp3) is 0.200. The Morgan fingerprint density at radius 1 is 1.29 bits per heavy atom. The van der Waals surface area contributed by atoms with Crippen LogP contribution in [0.25, 0.3) is 0 Å². The van der Waals surface area contributed by atoms with E-state index in [9.17, 15) is 9.59 Å². The van der Waals surface area contributed by atoms with Crippen molar-refractivity contribution in [1.29, 1.82) is 0 Å². The number of aromatic nitrogens is 1. The summed E-state index contributed by atoms with van der Waals surface area (Å²) in [4.78, 5) is 32.2. The van der Waals surface area contributed by atoms with Gasteiger partial charge in [-0.1, -0.05) is 46.6 Å². The molecule has 3 aromatic rings. The van der Waals surface area contributed by atoms with Crippen LogP contribution in [0.2, 0.25) is 5.02 Å². The number of anilines is 1. The molecule has 34 heavy (non-hydrogen) atoms. The van der Waals surface area contributed by atoms with Crippen molar-refractivity contribution >= 4 is 51.7 Å². The number of halogens is 1. The molecule has 2 aromatic carbocycles. The smallest absolute Gasteiger partial charge is 0.243 e. The molecule has 4 rings (SSSR count). The first kappa shape index (κ1) is 23.6. The Kier molecular flexibility index (Phi) is 7.06. The van der Waals surface area contributed by atoms with Crippen LogP contribution in [0.5, 0.6) is 0 Å². The molecule has 0 spiro atoms. The van der Waals surface area contributed by atoms with E-state index in [-0.39, 0.29) is 24.8 Å². The average Bonchev–Trinajstić information content (AvgIpc) is 3.35. The quantitative estimate of drug-likeness (QED) is 0.484. The highest BCUT2D eigenvalue weighted by Gasteiger charge is 2.39. The van der Waals surface area contributed by atoms with Gasteiger partial charge in [-0.15, -0.1) is 6.42 Å². The standard InChI is InChI=1S/C25H21ClN4O3S/c1-4-17-7-5-8-18(12-17)27-25-30(14-19-11-15(2)33-29-19)24(32)22(34-25)13-23(31)28-21-10-6-9-20(26)16(21)3/h1,5-12,22H,13-14H2,2-3H3,(H,28,31)/t22-/m1/s1. The lowest BCUT2D eigenvalue weighted by atomic mass is 10.2. The summed E-state index contributed by atoms with van der Waals surface area (Å²) in [6.45, 7) is 3.79. The highest BCUT2D eigenvalue weighted by atomic mass is 35.5. The molecule has 1 atom stereocenters. The topological polar surface area (TPSA) is 87.8 Å². The normalized spacial score (nSPS) is 16.6. The summed E-state index contributed by atoms with van der Waals surface area (Å²) in [5.41, 5.74) is 3.27. The number of aryl methyl sites for hydroxylation is 1. The molecular formula is C25H21ClN4O3S. The van der Waals surface area contributed by atoms with Crippen LogP contribution in [-0.2, 0) is 16.1 Å². The number of benzene rings is 2. The zero-order valence-electron chi connectivity index (χ0n) is 18.5. The molecule has 1 N–H and O–H groups in total. The Morgan fingerprint density at radius 3 is 2.82 bits per heavy atom. The summed E-state index contributed by atoms with van der Waals surface area (Å²) in [6.07, 6.45) is 5.48. The van der Waals surface area contributed by atoms with Gasteiger partial charge >= 0.3 is 0 Å². The van der Waals surface area contributed by atoms with Gasteiger partial charge in [0.2, 0.25) is 11.8 Å². The van der Waals surface area contributed by atoms with Gasteiger partial charge in [-0.3, -0.25) is 14.5 Å². The largest absolute Gasteiger partial charge is 0.361 e. The zero-order valence-corrected chi connectivity index (χ0v) is 20.1. The molecule has 9 heteroatoms. The van der Waals surface area contributed by atoms with E-state index in [0.717, 1.165) is 5.56 Å². The van der Waals surface area contributed by atoms with E-state index in [1.807, 2.05) is 6.92 Å². The van der Waals surface area contributed by atoms with E-state index in [2.05, 4.69) is 21.4 Å². The van der Waals surface area contributed by atoms with Gasteiger partial charge in [0.05, 0.1) is 12.2 Å². The third kappa shape index (κ3) is 5.33.